The van der Waals surface area contributed by atoms with E-state index in [1.165, 1.54) is 58.3 Å². The Balaban J connectivity index is 1.77. The summed E-state index contributed by atoms with van der Waals surface area (Å²) in [4.78, 5) is 2.69. The molecule has 100 valence electrons. The summed E-state index contributed by atoms with van der Waals surface area (Å²) in [5.74, 6) is 0.879. The molecule has 0 aromatic heterocycles. The zero-order chi connectivity index (χ0) is 11.9. The summed E-state index contributed by atoms with van der Waals surface area (Å²) < 4.78 is 5.44. The molecule has 0 saturated carbocycles. The highest BCUT2D eigenvalue weighted by atomic mass is 16.5. The summed E-state index contributed by atoms with van der Waals surface area (Å²) in [6.45, 7) is 9.29. The third-order valence-electron chi connectivity index (χ3n) is 4.06. The van der Waals surface area contributed by atoms with Crippen molar-refractivity contribution in [3.63, 3.8) is 0 Å². The SMILES string of the molecule is CCCC1CN(CC2CCOCC2)CCCN1. The van der Waals surface area contributed by atoms with Crippen molar-refractivity contribution in [2.45, 2.75) is 45.1 Å². The lowest BCUT2D eigenvalue weighted by molar-refractivity contribution is 0.0522. The molecular weight excluding hydrogens is 212 g/mol. The van der Waals surface area contributed by atoms with Crippen molar-refractivity contribution < 1.29 is 4.74 Å². The van der Waals surface area contributed by atoms with Crippen LogP contribution in [0.2, 0.25) is 0 Å². The Labute approximate surface area is 106 Å². The normalized spacial score (nSPS) is 29.1. The van der Waals surface area contributed by atoms with E-state index in [1.807, 2.05) is 0 Å². The highest BCUT2D eigenvalue weighted by Crippen LogP contribution is 2.17. The van der Waals surface area contributed by atoms with Crippen molar-refractivity contribution in [2.24, 2.45) is 5.92 Å². The van der Waals surface area contributed by atoms with E-state index >= 15 is 0 Å². The van der Waals surface area contributed by atoms with E-state index in [2.05, 4.69) is 17.1 Å². The summed E-state index contributed by atoms with van der Waals surface area (Å²) in [6.07, 6.45) is 6.46. The first kappa shape index (κ1) is 13.3. The quantitative estimate of drug-likeness (QED) is 0.812. The molecule has 0 aliphatic carbocycles. The second-order valence-corrected chi connectivity index (χ2v) is 5.61. The second kappa shape index (κ2) is 7.34. The Morgan fingerprint density at radius 2 is 2.12 bits per heavy atom. The third kappa shape index (κ3) is 4.57. The Morgan fingerprint density at radius 1 is 1.29 bits per heavy atom. The van der Waals surface area contributed by atoms with Gasteiger partial charge in [0.2, 0.25) is 0 Å². The first-order chi connectivity index (χ1) is 8.38. The van der Waals surface area contributed by atoms with E-state index in [0.717, 1.165) is 25.2 Å². The molecule has 1 unspecified atom stereocenters. The fourth-order valence-corrected chi connectivity index (χ4v) is 3.08. The monoisotopic (exact) mass is 240 g/mol. The number of nitrogens with zero attached hydrogens (tertiary/aromatic N) is 1. The average Bonchev–Trinajstić information content (AvgIpc) is 2.56. The minimum Gasteiger partial charge on any atom is -0.381 e. The summed E-state index contributed by atoms with van der Waals surface area (Å²) in [6, 6.07) is 0.724. The van der Waals surface area contributed by atoms with Gasteiger partial charge in [-0.15, -0.1) is 0 Å². The zero-order valence-electron chi connectivity index (χ0n) is 11.3. The molecule has 2 aliphatic rings. The summed E-state index contributed by atoms with van der Waals surface area (Å²) in [5.41, 5.74) is 0. The first-order valence-corrected chi connectivity index (χ1v) is 7.42. The fourth-order valence-electron chi connectivity index (χ4n) is 3.08. The molecule has 2 aliphatic heterocycles. The van der Waals surface area contributed by atoms with Crippen LogP contribution in [-0.2, 0) is 4.74 Å². The maximum atomic E-state index is 5.44. The third-order valence-corrected chi connectivity index (χ3v) is 4.06. The molecule has 3 nitrogen and oxygen atoms in total. The van der Waals surface area contributed by atoms with Crippen LogP contribution in [0, 0.1) is 5.92 Å². The molecule has 0 aromatic carbocycles. The molecular formula is C14H28N2O. The molecule has 3 heteroatoms. The van der Waals surface area contributed by atoms with E-state index in [-0.39, 0.29) is 0 Å². The number of hydrogen-bond donors (Lipinski definition) is 1. The molecule has 0 amide bonds. The molecule has 0 aromatic rings. The molecule has 0 radical (unpaired) electrons. The van der Waals surface area contributed by atoms with E-state index in [9.17, 15) is 0 Å². The van der Waals surface area contributed by atoms with Gasteiger partial charge < -0.3 is 15.0 Å². The van der Waals surface area contributed by atoms with Gasteiger partial charge in [0.05, 0.1) is 0 Å². The van der Waals surface area contributed by atoms with Gasteiger partial charge in [-0.05, 0) is 44.7 Å². The maximum absolute atomic E-state index is 5.44. The topological polar surface area (TPSA) is 24.5 Å². The second-order valence-electron chi connectivity index (χ2n) is 5.61. The lowest BCUT2D eigenvalue weighted by Crippen LogP contribution is -2.40. The fraction of sp³-hybridized carbons (Fsp3) is 1.00. The van der Waals surface area contributed by atoms with Gasteiger partial charge in [0.1, 0.15) is 0 Å². The minimum absolute atomic E-state index is 0.724. The van der Waals surface area contributed by atoms with E-state index in [4.69, 9.17) is 4.74 Å². The number of nitrogens with one attached hydrogen (secondary N) is 1. The van der Waals surface area contributed by atoms with E-state index in [1.54, 1.807) is 0 Å². The average molecular weight is 240 g/mol. The van der Waals surface area contributed by atoms with Crippen LogP contribution in [0.4, 0.5) is 0 Å². The van der Waals surface area contributed by atoms with Crippen molar-refractivity contribution in [1.82, 2.24) is 10.2 Å². The molecule has 2 rings (SSSR count). The Bertz CT molecular complexity index is 204. The number of ether oxygens (including phenoxy) is 1. The van der Waals surface area contributed by atoms with Gasteiger partial charge in [0.25, 0.3) is 0 Å². The highest BCUT2D eigenvalue weighted by Gasteiger charge is 2.21. The summed E-state index contributed by atoms with van der Waals surface area (Å²) in [5, 5.41) is 3.68. The van der Waals surface area contributed by atoms with Crippen LogP contribution in [0.15, 0.2) is 0 Å². The number of rotatable bonds is 4. The predicted molar refractivity (Wildman–Crippen MR) is 71.3 cm³/mol. The van der Waals surface area contributed by atoms with Crippen molar-refractivity contribution in [2.75, 3.05) is 39.4 Å². The van der Waals surface area contributed by atoms with E-state index in [0.29, 0.717) is 0 Å². The lowest BCUT2D eigenvalue weighted by atomic mass is 9.99. The van der Waals surface area contributed by atoms with Crippen LogP contribution in [-0.4, -0.2) is 50.3 Å². The Kier molecular flexibility index (Phi) is 5.75. The van der Waals surface area contributed by atoms with Gasteiger partial charge in [-0.1, -0.05) is 13.3 Å². The van der Waals surface area contributed by atoms with Crippen molar-refractivity contribution in [3.8, 4) is 0 Å². The molecule has 2 heterocycles. The standard InChI is InChI=1S/C14H28N2O/c1-2-4-14-12-16(8-3-7-15-14)11-13-5-9-17-10-6-13/h13-15H,2-12H2,1H3. The zero-order valence-corrected chi connectivity index (χ0v) is 11.3. The van der Waals surface area contributed by atoms with Gasteiger partial charge in [-0.25, -0.2) is 0 Å². The summed E-state index contributed by atoms with van der Waals surface area (Å²) >= 11 is 0. The van der Waals surface area contributed by atoms with Crippen molar-refractivity contribution in [3.05, 3.63) is 0 Å². The van der Waals surface area contributed by atoms with Crippen LogP contribution in [0.5, 0.6) is 0 Å². The van der Waals surface area contributed by atoms with Crippen molar-refractivity contribution in [1.29, 1.82) is 0 Å². The highest BCUT2D eigenvalue weighted by molar-refractivity contribution is 4.78. The predicted octanol–water partition coefficient (Wildman–Crippen LogP) is 1.88. The molecule has 1 atom stereocenters. The maximum Gasteiger partial charge on any atom is 0.0469 e. The Hall–Kier alpha value is -0.120. The molecule has 0 spiro atoms. The van der Waals surface area contributed by atoms with Gasteiger partial charge >= 0.3 is 0 Å². The first-order valence-electron chi connectivity index (χ1n) is 7.42. The van der Waals surface area contributed by atoms with Gasteiger partial charge in [0.15, 0.2) is 0 Å². The van der Waals surface area contributed by atoms with Crippen LogP contribution in [0.1, 0.15) is 39.0 Å². The minimum atomic E-state index is 0.724. The molecule has 2 fully saturated rings. The largest absolute Gasteiger partial charge is 0.381 e. The van der Waals surface area contributed by atoms with E-state index < -0.39 is 0 Å². The van der Waals surface area contributed by atoms with Crippen LogP contribution >= 0.6 is 0 Å². The van der Waals surface area contributed by atoms with Crippen molar-refractivity contribution >= 4 is 0 Å². The van der Waals surface area contributed by atoms with Gasteiger partial charge in [-0.3, -0.25) is 0 Å². The van der Waals surface area contributed by atoms with Gasteiger partial charge in [0, 0.05) is 32.3 Å². The van der Waals surface area contributed by atoms with Crippen LogP contribution in [0.3, 0.4) is 0 Å². The van der Waals surface area contributed by atoms with Crippen LogP contribution in [0.25, 0.3) is 0 Å². The smallest absolute Gasteiger partial charge is 0.0469 e. The summed E-state index contributed by atoms with van der Waals surface area (Å²) in [7, 11) is 0. The number of hydrogen-bond acceptors (Lipinski definition) is 3. The molecule has 17 heavy (non-hydrogen) atoms. The Morgan fingerprint density at radius 3 is 2.88 bits per heavy atom. The molecule has 0 bridgehead atoms. The molecule has 1 N–H and O–H groups in total. The van der Waals surface area contributed by atoms with Gasteiger partial charge in [-0.2, -0.15) is 0 Å². The lowest BCUT2D eigenvalue weighted by Gasteiger charge is -2.30. The van der Waals surface area contributed by atoms with Crippen LogP contribution < -0.4 is 5.32 Å². The molecule has 2 saturated heterocycles.